The molecule has 6 nitrogen and oxygen atoms in total. The molecule has 0 atom stereocenters. The summed E-state index contributed by atoms with van der Waals surface area (Å²) in [6.07, 6.45) is 0. The molecular formula is C20H21N3O3S2. The Bertz CT molecular complexity index is 974. The van der Waals surface area contributed by atoms with Gasteiger partial charge in [-0.15, -0.1) is 22.7 Å². The monoisotopic (exact) mass is 415 g/mol. The van der Waals surface area contributed by atoms with Crippen molar-refractivity contribution in [2.24, 2.45) is 0 Å². The second-order valence-electron chi connectivity index (χ2n) is 6.37. The van der Waals surface area contributed by atoms with Gasteiger partial charge >= 0.3 is 0 Å². The van der Waals surface area contributed by atoms with Crippen LogP contribution >= 0.6 is 22.7 Å². The van der Waals surface area contributed by atoms with E-state index in [1.807, 2.05) is 43.5 Å². The Morgan fingerprint density at radius 1 is 1.14 bits per heavy atom. The summed E-state index contributed by atoms with van der Waals surface area (Å²) in [5.41, 5.74) is 2.98. The first-order valence-corrected chi connectivity index (χ1v) is 10.4. The maximum atomic E-state index is 12.1. The predicted octanol–water partition coefficient (Wildman–Crippen LogP) is 4.14. The number of amides is 2. The second-order valence-corrected chi connectivity index (χ2v) is 8.40. The number of hydrogen-bond donors (Lipinski definition) is 2. The van der Waals surface area contributed by atoms with E-state index in [9.17, 15) is 9.59 Å². The van der Waals surface area contributed by atoms with Crippen LogP contribution in [-0.4, -0.2) is 23.4 Å². The fourth-order valence-electron chi connectivity index (χ4n) is 2.59. The average Bonchev–Trinajstić information content (AvgIpc) is 3.26. The Labute approximate surface area is 171 Å². The van der Waals surface area contributed by atoms with E-state index in [-0.39, 0.29) is 18.4 Å². The maximum Gasteiger partial charge on any atom is 0.264 e. The van der Waals surface area contributed by atoms with E-state index in [4.69, 9.17) is 4.74 Å². The van der Waals surface area contributed by atoms with Crippen LogP contribution in [0.5, 0.6) is 5.75 Å². The molecule has 2 amide bonds. The number of hydrogen-bond acceptors (Lipinski definition) is 6. The number of ether oxygens (including phenoxy) is 1. The molecule has 2 N–H and O–H groups in total. The Balaban J connectivity index is 1.55. The van der Waals surface area contributed by atoms with Crippen molar-refractivity contribution < 1.29 is 14.3 Å². The molecule has 0 saturated heterocycles. The lowest BCUT2D eigenvalue weighted by Gasteiger charge is -2.07. The summed E-state index contributed by atoms with van der Waals surface area (Å²) in [7, 11) is 0. The van der Waals surface area contributed by atoms with Crippen molar-refractivity contribution in [3.05, 3.63) is 51.7 Å². The molecule has 8 heteroatoms. The molecule has 0 unspecified atom stereocenters. The molecule has 2 heterocycles. The number of thiophene rings is 1. The molecule has 146 valence electrons. The third-order valence-corrected chi connectivity index (χ3v) is 5.61. The summed E-state index contributed by atoms with van der Waals surface area (Å²) in [6.45, 7) is 5.90. The van der Waals surface area contributed by atoms with Gasteiger partial charge in [-0.05, 0) is 49.2 Å². The molecule has 3 rings (SSSR count). The molecule has 0 spiro atoms. The smallest absolute Gasteiger partial charge is 0.264 e. The van der Waals surface area contributed by atoms with Crippen LogP contribution in [0.4, 0.5) is 5.13 Å². The average molecular weight is 416 g/mol. The van der Waals surface area contributed by atoms with Crippen molar-refractivity contribution in [1.29, 1.82) is 0 Å². The molecule has 1 aromatic carbocycles. The number of nitrogens with one attached hydrogen (secondary N) is 2. The number of aromatic nitrogens is 1. The van der Waals surface area contributed by atoms with E-state index in [0.717, 1.165) is 26.6 Å². The molecule has 0 radical (unpaired) electrons. The minimum Gasteiger partial charge on any atom is -0.484 e. The van der Waals surface area contributed by atoms with Gasteiger partial charge in [-0.3, -0.25) is 14.9 Å². The van der Waals surface area contributed by atoms with E-state index in [2.05, 4.69) is 21.7 Å². The van der Waals surface area contributed by atoms with Crippen molar-refractivity contribution in [1.82, 2.24) is 10.3 Å². The lowest BCUT2D eigenvalue weighted by Crippen LogP contribution is -2.20. The number of aryl methyl sites for hydroxylation is 2. The van der Waals surface area contributed by atoms with E-state index in [1.165, 1.54) is 18.3 Å². The largest absolute Gasteiger partial charge is 0.484 e. The third-order valence-electron chi connectivity index (χ3n) is 3.74. The number of rotatable bonds is 7. The summed E-state index contributed by atoms with van der Waals surface area (Å²) in [6, 6.07) is 9.78. The zero-order valence-corrected chi connectivity index (χ0v) is 17.5. The zero-order chi connectivity index (χ0) is 20.1. The van der Waals surface area contributed by atoms with Crippen molar-refractivity contribution >= 4 is 39.6 Å². The van der Waals surface area contributed by atoms with E-state index in [1.54, 1.807) is 11.3 Å². The van der Waals surface area contributed by atoms with E-state index < -0.39 is 0 Å². The van der Waals surface area contributed by atoms with Gasteiger partial charge in [0.25, 0.3) is 5.91 Å². The number of anilines is 1. The second kappa shape index (κ2) is 8.99. The Morgan fingerprint density at radius 3 is 2.61 bits per heavy atom. The quantitative estimate of drug-likeness (QED) is 0.608. The van der Waals surface area contributed by atoms with E-state index >= 15 is 0 Å². The fourth-order valence-corrected chi connectivity index (χ4v) is 4.30. The van der Waals surface area contributed by atoms with Gasteiger partial charge in [0.1, 0.15) is 5.75 Å². The van der Waals surface area contributed by atoms with E-state index in [0.29, 0.717) is 17.4 Å². The highest BCUT2D eigenvalue weighted by molar-refractivity contribution is 7.17. The topological polar surface area (TPSA) is 80.3 Å². The van der Waals surface area contributed by atoms with Gasteiger partial charge in [0, 0.05) is 17.2 Å². The molecule has 0 bridgehead atoms. The van der Waals surface area contributed by atoms with Crippen molar-refractivity contribution in [3.63, 3.8) is 0 Å². The number of nitrogens with zero attached hydrogens (tertiary/aromatic N) is 1. The highest BCUT2D eigenvalue weighted by Crippen LogP contribution is 2.30. The molecule has 0 aliphatic carbocycles. The molecular weight excluding hydrogens is 394 g/mol. The van der Waals surface area contributed by atoms with Crippen LogP contribution in [0.1, 0.15) is 22.9 Å². The fraction of sp³-hybridized carbons (Fsp3) is 0.250. The van der Waals surface area contributed by atoms with Crippen LogP contribution in [0.2, 0.25) is 0 Å². The lowest BCUT2D eigenvalue weighted by atomic mass is 10.1. The predicted molar refractivity (Wildman–Crippen MR) is 113 cm³/mol. The van der Waals surface area contributed by atoms with Gasteiger partial charge in [-0.1, -0.05) is 6.07 Å². The van der Waals surface area contributed by atoms with Crippen LogP contribution < -0.4 is 15.4 Å². The SMILES string of the molecule is CC(=O)NCc1ccc(-c2csc(NC(=O)COc3cc(C)cc(C)c3)n2)s1. The summed E-state index contributed by atoms with van der Waals surface area (Å²) in [5.74, 6) is 0.368. The standard InChI is InChI=1S/C20H21N3O3S2/c1-12-6-13(2)8-15(7-12)26-10-19(25)23-20-22-17(11-27-20)18-5-4-16(28-18)9-21-14(3)24/h4-8,11H,9-10H2,1-3H3,(H,21,24)(H,22,23,25). The Hall–Kier alpha value is -2.71. The van der Waals surface area contributed by atoms with Crippen molar-refractivity contribution in [2.45, 2.75) is 27.3 Å². The first-order chi connectivity index (χ1) is 13.4. The minimum atomic E-state index is -0.252. The van der Waals surface area contributed by atoms with Gasteiger partial charge in [0.05, 0.1) is 17.1 Å². The Morgan fingerprint density at radius 2 is 1.89 bits per heavy atom. The number of carbonyl (C=O) groups is 2. The van der Waals surface area contributed by atoms with Gasteiger partial charge in [0.2, 0.25) is 5.91 Å². The van der Waals surface area contributed by atoms with Crippen LogP contribution in [0, 0.1) is 13.8 Å². The normalized spacial score (nSPS) is 10.5. The molecule has 0 aliphatic heterocycles. The Kier molecular flexibility index (Phi) is 6.43. The molecule has 2 aromatic heterocycles. The van der Waals surface area contributed by atoms with Crippen LogP contribution in [0.25, 0.3) is 10.6 Å². The minimum absolute atomic E-state index is 0.0587. The lowest BCUT2D eigenvalue weighted by molar-refractivity contribution is -0.119. The molecule has 0 saturated carbocycles. The summed E-state index contributed by atoms with van der Waals surface area (Å²) < 4.78 is 5.58. The van der Waals surface area contributed by atoms with Crippen molar-refractivity contribution in [3.8, 4) is 16.3 Å². The van der Waals surface area contributed by atoms with Crippen LogP contribution in [-0.2, 0) is 16.1 Å². The first-order valence-electron chi connectivity index (χ1n) is 8.69. The molecule has 0 aliphatic rings. The number of benzene rings is 1. The van der Waals surface area contributed by atoms with Gasteiger partial charge in [-0.2, -0.15) is 0 Å². The third kappa shape index (κ3) is 5.64. The summed E-state index contributed by atoms with van der Waals surface area (Å²) >= 11 is 2.93. The maximum absolute atomic E-state index is 12.1. The van der Waals surface area contributed by atoms with Crippen LogP contribution in [0.15, 0.2) is 35.7 Å². The zero-order valence-electron chi connectivity index (χ0n) is 15.9. The van der Waals surface area contributed by atoms with Gasteiger partial charge < -0.3 is 10.1 Å². The van der Waals surface area contributed by atoms with Crippen LogP contribution in [0.3, 0.4) is 0 Å². The first kappa shape index (κ1) is 20.0. The number of thiazole rings is 1. The number of carbonyl (C=O) groups excluding carboxylic acids is 2. The molecule has 28 heavy (non-hydrogen) atoms. The highest BCUT2D eigenvalue weighted by Gasteiger charge is 2.11. The van der Waals surface area contributed by atoms with Crippen molar-refractivity contribution in [2.75, 3.05) is 11.9 Å². The van der Waals surface area contributed by atoms with Gasteiger partial charge in [-0.25, -0.2) is 4.98 Å². The highest BCUT2D eigenvalue weighted by atomic mass is 32.1. The molecule has 3 aromatic rings. The van der Waals surface area contributed by atoms with Gasteiger partial charge in [0.15, 0.2) is 11.7 Å². The summed E-state index contributed by atoms with van der Waals surface area (Å²) in [5, 5.41) is 7.97. The molecule has 0 fully saturated rings. The summed E-state index contributed by atoms with van der Waals surface area (Å²) in [4.78, 5) is 29.7.